The van der Waals surface area contributed by atoms with E-state index in [1.165, 1.54) is 29.7 Å². The minimum absolute atomic E-state index is 0.0131. The van der Waals surface area contributed by atoms with E-state index in [0.717, 1.165) is 11.8 Å². The lowest BCUT2D eigenvalue weighted by Crippen LogP contribution is -2.22. The Morgan fingerprint density at radius 2 is 1.82 bits per heavy atom. The van der Waals surface area contributed by atoms with Crippen molar-refractivity contribution in [3.63, 3.8) is 0 Å². The molecule has 0 bridgehead atoms. The van der Waals surface area contributed by atoms with Crippen molar-refractivity contribution >= 4 is 51.6 Å². The maximum absolute atomic E-state index is 13.7. The number of fused-ring (bicyclic) bond motifs is 1. The monoisotopic (exact) mass is 481 g/mol. The second kappa shape index (κ2) is 9.56. The molecule has 0 aliphatic carbocycles. The molecule has 33 heavy (non-hydrogen) atoms. The van der Waals surface area contributed by atoms with Crippen LogP contribution >= 0.6 is 23.4 Å². The summed E-state index contributed by atoms with van der Waals surface area (Å²) < 4.78 is 15.0. The highest BCUT2D eigenvalue weighted by molar-refractivity contribution is 7.99. The zero-order valence-corrected chi connectivity index (χ0v) is 18.9. The molecule has 6 nitrogen and oxygen atoms in total. The summed E-state index contributed by atoms with van der Waals surface area (Å²) in [5, 5.41) is 3.19. The number of hydrogen-bond donors (Lipinski definition) is 1. The highest BCUT2D eigenvalue weighted by Gasteiger charge is 2.16. The second-order valence-corrected chi connectivity index (χ2v) is 8.47. The first-order chi connectivity index (χ1) is 15.8. The summed E-state index contributed by atoms with van der Waals surface area (Å²) in [6.07, 6.45) is 0. The van der Waals surface area contributed by atoms with E-state index >= 15 is 0 Å². The molecule has 1 amide bonds. The molecule has 0 aliphatic heterocycles. The van der Waals surface area contributed by atoms with E-state index in [0.29, 0.717) is 27.8 Å². The summed E-state index contributed by atoms with van der Waals surface area (Å²) >= 11 is 7.03. The molecule has 0 unspecified atom stereocenters. The molecule has 4 rings (SSSR count). The van der Waals surface area contributed by atoms with Gasteiger partial charge in [0.15, 0.2) is 10.9 Å². The van der Waals surface area contributed by atoms with Gasteiger partial charge in [0.25, 0.3) is 5.56 Å². The molecule has 0 atom stereocenters. The number of benzene rings is 3. The number of Topliss-reactive ketones (excluding diaryl/α,β-unsaturated/α-hetero) is 1. The Kier molecular flexibility index (Phi) is 6.57. The number of thioether (sulfide) groups is 1. The number of aromatic nitrogens is 2. The first-order valence-electron chi connectivity index (χ1n) is 9.84. The summed E-state index contributed by atoms with van der Waals surface area (Å²) in [7, 11) is 0. The van der Waals surface area contributed by atoms with E-state index in [2.05, 4.69) is 10.3 Å². The summed E-state index contributed by atoms with van der Waals surface area (Å²) in [6.45, 7) is 1.40. The van der Waals surface area contributed by atoms with Crippen molar-refractivity contribution in [1.82, 2.24) is 9.55 Å². The average molecular weight is 482 g/mol. The summed E-state index contributed by atoms with van der Waals surface area (Å²) in [5.74, 6) is -0.972. The van der Waals surface area contributed by atoms with Crippen molar-refractivity contribution in [2.24, 2.45) is 0 Å². The molecule has 166 valence electrons. The van der Waals surface area contributed by atoms with E-state index in [-0.39, 0.29) is 33.2 Å². The lowest BCUT2D eigenvalue weighted by molar-refractivity contribution is -0.114. The fraction of sp³-hybridized carbons (Fsp3) is 0.0833. The zero-order chi connectivity index (χ0) is 23.5. The van der Waals surface area contributed by atoms with Gasteiger partial charge in [0, 0.05) is 18.2 Å². The van der Waals surface area contributed by atoms with Gasteiger partial charge >= 0.3 is 0 Å². The van der Waals surface area contributed by atoms with Crippen molar-refractivity contribution in [3.8, 4) is 5.69 Å². The van der Waals surface area contributed by atoms with Crippen LogP contribution in [0.15, 0.2) is 76.7 Å². The maximum atomic E-state index is 13.7. The van der Waals surface area contributed by atoms with Crippen molar-refractivity contribution in [2.75, 3.05) is 11.1 Å². The van der Waals surface area contributed by atoms with E-state index in [1.54, 1.807) is 48.5 Å². The molecule has 0 fully saturated rings. The number of rotatable bonds is 6. The van der Waals surface area contributed by atoms with Gasteiger partial charge in [-0.3, -0.25) is 19.0 Å². The van der Waals surface area contributed by atoms with Gasteiger partial charge in [-0.05, 0) is 54.6 Å². The van der Waals surface area contributed by atoms with Crippen molar-refractivity contribution in [2.45, 2.75) is 12.1 Å². The summed E-state index contributed by atoms with van der Waals surface area (Å²) in [4.78, 5) is 41.7. The minimum atomic E-state index is -0.602. The molecule has 1 aromatic heterocycles. The van der Waals surface area contributed by atoms with Crippen LogP contribution in [0.3, 0.4) is 0 Å². The number of carbonyl (C=O) groups excluding carboxylic acids is 2. The topological polar surface area (TPSA) is 81.1 Å². The van der Waals surface area contributed by atoms with Crippen LogP contribution < -0.4 is 10.9 Å². The Morgan fingerprint density at radius 3 is 2.52 bits per heavy atom. The molecule has 1 N–H and O–H groups in total. The van der Waals surface area contributed by atoms with Gasteiger partial charge in [-0.1, -0.05) is 35.5 Å². The number of amides is 1. The fourth-order valence-corrected chi connectivity index (χ4v) is 4.30. The first-order valence-corrected chi connectivity index (χ1v) is 11.2. The third kappa shape index (κ3) is 4.97. The summed E-state index contributed by atoms with van der Waals surface area (Å²) in [5.41, 5.74) is 1.53. The Morgan fingerprint density at radius 1 is 1.09 bits per heavy atom. The van der Waals surface area contributed by atoms with Crippen LogP contribution in [0.25, 0.3) is 16.6 Å². The van der Waals surface area contributed by atoms with Crippen LogP contribution in [0.1, 0.15) is 17.3 Å². The smallest absolute Gasteiger partial charge is 0.266 e. The van der Waals surface area contributed by atoms with E-state index in [4.69, 9.17) is 11.6 Å². The van der Waals surface area contributed by atoms with E-state index in [1.807, 2.05) is 0 Å². The first kappa shape index (κ1) is 22.7. The van der Waals surface area contributed by atoms with Crippen molar-refractivity contribution in [3.05, 3.63) is 93.5 Å². The highest BCUT2D eigenvalue weighted by Crippen LogP contribution is 2.25. The molecule has 0 saturated carbocycles. The normalized spacial score (nSPS) is 10.9. The van der Waals surface area contributed by atoms with E-state index in [9.17, 15) is 18.8 Å². The Hall–Kier alpha value is -3.49. The largest absolute Gasteiger partial charge is 0.326 e. The number of nitrogens with zero attached hydrogens (tertiary/aromatic N) is 2. The number of hydrogen-bond acceptors (Lipinski definition) is 5. The fourth-order valence-electron chi connectivity index (χ4n) is 3.22. The molecule has 0 aliphatic rings. The Bertz CT molecular complexity index is 1440. The van der Waals surface area contributed by atoms with Crippen LogP contribution in [-0.2, 0) is 4.79 Å². The molecule has 3 aromatic carbocycles. The van der Waals surface area contributed by atoms with Crippen LogP contribution in [0.4, 0.5) is 10.1 Å². The van der Waals surface area contributed by atoms with Gasteiger partial charge in [0.05, 0.1) is 27.4 Å². The number of ketones is 1. The van der Waals surface area contributed by atoms with Gasteiger partial charge in [-0.25, -0.2) is 9.37 Å². The predicted octanol–water partition coefficient (Wildman–Crippen LogP) is 5.11. The third-order valence-electron chi connectivity index (χ3n) is 4.77. The van der Waals surface area contributed by atoms with Gasteiger partial charge in [-0.2, -0.15) is 0 Å². The lowest BCUT2D eigenvalue weighted by Gasteiger charge is -2.13. The van der Waals surface area contributed by atoms with Crippen LogP contribution in [0, 0.1) is 5.82 Å². The second-order valence-electron chi connectivity index (χ2n) is 7.12. The molecule has 1 heterocycles. The zero-order valence-electron chi connectivity index (χ0n) is 17.3. The molecule has 0 spiro atoms. The quantitative estimate of drug-likeness (QED) is 0.235. The third-order valence-corrected chi connectivity index (χ3v) is 5.99. The van der Waals surface area contributed by atoms with Crippen molar-refractivity contribution < 1.29 is 14.0 Å². The number of halogens is 2. The minimum Gasteiger partial charge on any atom is -0.326 e. The average Bonchev–Trinajstić information content (AvgIpc) is 2.80. The predicted molar refractivity (Wildman–Crippen MR) is 128 cm³/mol. The Balaban J connectivity index is 1.68. The lowest BCUT2D eigenvalue weighted by atomic mass is 10.1. The number of carbonyl (C=O) groups is 2. The van der Waals surface area contributed by atoms with Gasteiger partial charge < -0.3 is 5.32 Å². The molecular weight excluding hydrogens is 465 g/mol. The standard InChI is InChI=1S/C24H17ClFN3O3S/c1-14(30)27-16-8-6-15(7-9-16)22(31)13-33-24-28-21-5-3-2-4-18(21)23(32)29(24)17-10-11-20(26)19(25)12-17/h2-12H,13H2,1H3,(H,27,30). The van der Waals surface area contributed by atoms with Crippen LogP contribution in [0.2, 0.25) is 5.02 Å². The highest BCUT2D eigenvalue weighted by atomic mass is 35.5. The van der Waals surface area contributed by atoms with Gasteiger partial charge in [0.2, 0.25) is 5.91 Å². The number of nitrogens with one attached hydrogen (secondary N) is 1. The molecular formula is C24H17ClFN3O3S. The summed E-state index contributed by atoms with van der Waals surface area (Å²) in [6, 6.07) is 17.4. The van der Waals surface area contributed by atoms with Gasteiger partial charge in [-0.15, -0.1) is 0 Å². The maximum Gasteiger partial charge on any atom is 0.266 e. The molecule has 0 radical (unpaired) electrons. The molecule has 9 heteroatoms. The molecule has 4 aromatic rings. The van der Waals surface area contributed by atoms with Gasteiger partial charge in [0.1, 0.15) is 5.82 Å². The van der Waals surface area contributed by atoms with E-state index < -0.39 is 5.82 Å². The SMILES string of the molecule is CC(=O)Nc1ccc(C(=O)CSc2nc3ccccc3c(=O)n2-c2ccc(F)c(Cl)c2)cc1. The number of para-hydroxylation sites is 1. The van der Waals surface area contributed by atoms with Crippen LogP contribution in [-0.4, -0.2) is 27.0 Å². The number of anilines is 1. The van der Waals surface area contributed by atoms with Crippen molar-refractivity contribution in [1.29, 1.82) is 0 Å². The Labute approximate surface area is 197 Å². The van der Waals surface area contributed by atoms with Crippen LogP contribution in [0.5, 0.6) is 0 Å². The molecule has 0 saturated heterocycles.